The normalized spacial score (nSPS) is 12.1. The quantitative estimate of drug-likeness (QED) is 0.594. The van der Waals surface area contributed by atoms with Crippen molar-refractivity contribution in [3.05, 3.63) is 40.9 Å². The standard InChI is InChI=1S/C18H17N3O5S/c22-16(3-4-17-20-21-18(26-17)12-5-8-27-10-12)19-6-7-23-13-1-2-14-15(9-13)25-11-24-14/h1-2,5,8-10H,3-4,6-7,11H2,(H,19,22). The van der Waals surface area contributed by atoms with Crippen molar-refractivity contribution in [2.75, 3.05) is 19.9 Å². The first-order valence-electron chi connectivity index (χ1n) is 8.42. The number of ether oxygens (including phenoxy) is 3. The van der Waals surface area contributed by atoms with Crippen LogP contribution in [0.2, 0.25) is 0 Å². The van der Waals surface area contributed by atoms with Crippen molar-refractivity contribution < 1.29 is 23.4 Å². The number of benzene rings is 1. The van der Waals surface area contributed by atoms with Gasteiger partial charge in [0, 0.05) is 29.9 Å². The number of nitrogens with zero attached hydrogens (tertiary/aromatic N) is 2. The lowest BCUT2D eigenvalue weighted by atomic mass is 10.3. The first-order chi connectivity index (χ1) is 13.3. The van der Waals surface area contributed by atoms with E-state index >= 15 is 0 Å². The lowest BCUT2D eigenvalue weighted by Gasteiger charge is -2.08. The molecule has 0 spiro atoms. The Bertz CT molecular complexity index is 910. The van der Waals surface area contributed by atoms with Crippen LogP contribution in [0.15, 0.2) is 39.4 Å². The molecule has 0 aliphatic carbocycles. The van der Waals surface area contributed by atoms with Crippen LogP contribution in [0, 0.1) is 0 Å². The molecule has 3 aromatic rings. The molecule has 1 amide bonds. The second-order valence-electron chi connectivity index (χ2n) is 5.73. The topological polar surface area (TPSA) is 95.7 Å². The highest BCUT2D eigenvalue weighted by atomic mass is 32.1. The Morgan fingerprint density at radius 2 is 2.15 bits per heavy atom. The lowest BCUT2D eigenvalue weighted by Crippen LogP contribution is -2.28. The van der Waals surface area contributed by atoms with Crippen LogP contribution in [0.1, 0.15) is 12.3 Å². The summed E-state index contributed by atoms with van der Waals surface area (Å²) in [6, 6.07) is 7.28. The highest BCUT2D eigenvalue weighted by Crippen LogP contribution is 2.34. The second-order valence-corrected chi connectivity index (χ2v) is 6.51. The van der Waals surface area contributed by atoms with Gasteiger partial charge in [0.15, 0.2) is 11.5 Å². The molecule has 2 aromatic heterocycles. The predicted octanol–water partition coefficient (Wildman–Crippen LogP) is 2.65. The number of thiophene rings is 1. The molecule has 0 radical (unpaired) electrons. The van der Waals surface area contributed by atoms with Gasteiger partial charge in [0.25, 0.3) is 0 Å². The number of rotatable bonds is 8. The van der Waals surface area contributed by atoms with E-state index in [-0.39, 0.29) is 19.1 Å². The number of hydrogen-bond acceptors (Lipinski definition) is 8. The first-order valence-corrected chi connectivity index (χ1v) is 9.36. The van der Waals surface area contributed by atoms with Gasteiger partial charge in [-0.25, -0.2) is 0 Å². The number of aromatic nitrogens is 2. The summed E-state index contributed by atoms with van der Waals surface area (Å²) in [5.74, 6) is 2.86. The maximum absolute atomic E-state index is 11.9. The zero-order chi connectivity index (χ0) is 18.5. The van der Waals surface area contributed by atoms with Crippen molar-refractivity contribution in [2.45, 2.75) is 12.8 Å². The van der Waals surface area contributed by atoms with Crippen LogP contribution >= 0.6 is 11.3 Å². The molecule has 3 heterocycles. The van der Waals surface area contributed by atoms with Crippen LogP contribution in [0.3, 0.4) is 0 Å². The number of amides is 1. The fourth-order valence-electron chi connectivity index (χ4n) is 2.49. The van der Waals surface area contributed by atoms with Crippen molar-refractivity contribution in [3.63, 3.8) is 0 Å². The Kier molecular flexibility index (Phi) is 5.20. The van der Waals surface area contributed by atoms with Gasteiger partial charge in [-0.05, 0) is 23.6 Å². The fraction of sp³-hybridized carbons (Fsp3) is 0.278. The maximum Gasteiger partial charge on any atom is 0.248 e. The van der Waals surface area contributed by atoms with E-state index in [9.17, 15) is 4.79 Å². The molecular formula is C18H17N3O5S. The molecule has 4 rings (SSSR count). The summed E-state index contributed by atoms with van der Waals surface area (Å²) in [4.78, 5) is 11.9. The van der Waals surface area contributed by atoms with Crippen LogP contribution in [0.4, 0.5) is 0 Å². The molecule has 1 aliphatic heterocycles. The number of fused-ring (bicyclic) bond motifs is 1. The molecule has 0 saturated heterocycles. The Morgan fingerprint density at radius 3 is 3.04 bits per heavy atom. The van der Waals surface area contributed by atoms with Crippen molar-refractivity contribution in [2.24, 2.45) is 0 Å². The Hall–Kier alpha value is -3.07. The van der Waals surface area contributed by atoms with Gasteiger partial charge in [0.2, 0.25) is 24.5 Å². The molecule has 140 valence electrons. The van der Waals surface area contributed by atoms with Gasteiger partial charge in [0.1, 0.15) is 12.4 Å². The van der Waals surface area contributed by atoms with E-state index < -0.39 is 0 Å². The molecule has 0 saturated carbocycles. The molecule has 1 aliphatic rings. The summed E-state index contributed by atoms with van der Waals surface area (Å²) in [6.45, 7) is 0.981. The third-order valence-electron chi connectivity index (χ3n) is 3.84. The zero-order valence-electron chi connectivity index (χ0n) is 14.3. The number of hydrogen-bond donors (Lipinski definition) is 1. The van der Waals surface area contributed by atoms with Crippen molar-refractivity contribution >= 4 is 17.2 Å². The summed E-state index contributed by atoms with van der Waals surface area (Å²) in [6.07, 6.45) is 0.668. The molecular weight excluding hydrogens is 370 g/mol. The minimum atomic E-state index is -0.0976. The number of aryl methyl sites for hydroxylation is 1. The number of nitrogens with one attached hydrogen (secondary N) is 1. The summed E-state index contributed by atoms with van der Waals surface area (Å²) in [5, 5.41) is 14.6. The van der Waals surface area contributed by atoms with Gasteiger partial charge in [-0.1, -0.05) is 0 Å². The van der Waals surface area contributed by atoms with E-state index in [2.05, 4.69) is 15.5 Å². The van der Waals surface area contributed by atoms with E-state index in [1.165, 1.54) is 0 Å². The Balaban J connectivity index is 1.16. The Morgan fingerprint density at radius 1 is 1.22 bits per heavy atom. The van der Waals surface area contributed by atoms with E-state index in [1.807, 2.05) is 16.8 Å². The third-order valence-corrected chi connectivity index (χ3v) is 4.52. The van der Waals surface area contributed by atoms with Gasteiger partial charge in [-0.2, -0.15) is 11.3 Å². The van der Waals surface area contributed by atoms with Gasteiger partial charge in [-0.15, -0.1) is 10.2 Å². The molecule has 0 fully saturated rings. The lowest BCUT2D eigenvalue weighted by molar-refractivity contribution is -0.121. The van der Waals surface area contributed by atoms with Crippen LogP contribution in [0.25, 0.3) is 11.5 Å². The highest BCUT2D eigenvalue weighted by molar-refractivity contribution is 7.08. The third kappa shape index (κ3) is 4.37. The SMILES string of the molecule is O=C(CCc1nnc(-c2ccsc2)o1)NCCOc1ccc2c(c1)OCO2. The largest absolute Gasteiger partial charge is 0.492 e. The minimum Gasteiger partial charge on any atom is -0.492 e. The second kappa shape index (κ2) is 8.09. The van der Waals surface area contributed by atoms with Crippen LogP contribution < -0.4 is 19.5 Å². The summed E-state index contributed by atoms with van der Waals surface area (Å²) >= 11 is 1.56. The van der Waals surface area contributed by atoms with Crippen molar-refractivity contribution in [1.82, 2.24) is 15.5 Å². The number of carbonyl (C=O) groups excluding carboxylic acids is 1. The molecule has 1 N–H and O–H groups in total. The van der Waals surface area contributed by atoms with E-state index in [0.29, 0.717) is 48.6 Å². The maximum atomic E-state index is 11.9. The first kappa shape index (κ1) is 17.3. The van der Waals surface area contributed by atoms with Gasteiger partial charge in [0.05, 0.1) is 6.54 Å². The molecule has 0 bridgehead atoms. The molecule has 8 nitrogen and oxygen atoms in total. The smallest absolute Gasteiger partial charge is 0.248 e. The van der Waals surface area contributed by atoms with Crippen LogP contribution in [-0.4, -0.2) is 36.0 Å². The zero-order valence-corrected chi connectivity index (χ0v) is 15.2. The van der Waals surface area contributed by atoms with E-state index in [1.54, 1.807) is 29.5 Å². The van der Waals surface area contributed by atoms with Gasteiger partial charge < -0.3 is 23.9 Å². The van der Waals surface area contributed by atoms with E-state index in [0.717, 1.165) is 5.56 Å². The number of carbonyl (C=O) groups is 1. The highest BCUT2D eigenvalue weighted by Gasteiger charge is 2.14. The fourth-order valence-corrected chi connectivity index (χ4v) is 3.12. The predicted molar refractivity (Wildman–Crippen MR) is 97.0 cm³/mol. The molecule has 9 heteroatoms. The average Bonchev–Trinajstić information content (AvgIpc) is 3.44. The summed E-state index contributed by atoms with van der Waals surface area (Å²) in [5.41, 5.74) is 0.892. The molecule has 27 heavy (non-hydrogen) atoms. The molecule has 0 unspecified atom stereocenters. The van der Waals surface area contributed by atoms with Crippen LogP contribution in [0.5, 0.6) is 17.2 Å². The van der Waals surface area contributed by atoms with Crippen molar-refractivity contribution in [1.29, 1.82) is 0 Å². The Labute approximate surface area is 159 Å². The minimum absolute atomic E-state index is 0.0976. The van der Waals surface area contributed by atoms with Crippen LogP contribution in [-0.2, 0) is 11.2 Å². The summed E-state index contributed by atoms with van der Waals surface area (Å²) in [7, 11) is 0. The van der Waals surface area contributed by atoms with E-state index in [4.69, 9.17) is 18.6 Å². The van der Waals surface area contributed by atoms with Gasteiger partial charge >= 0.3 is 0 Å². The van der Waals surface area contributed by atoms with Crippen molar-refractivity contribution in [3.8, 4) is 28.7 Å². The molecule has 0 atom stereocenters. The molecule has 1 aromatic carbocycles. The van der Waals surface area contributed by atoms with Gasteiger partial charge in [-0.3, -0.25) is 4.79 Å². The monoisotopic (exact) mass is 387 g/mol. The summed E-state index contributed by atoms with van der Waals surface area (Å²) < 4.78 is 21.7. The average molecular weight is 387 g/mol.